The highest BCUT2D eigenvalue weighted by molar-refractivity contribution is 7.89. The smallest absolute Gasteiger partial charge is 0.243 e. The minimum absolute atomic E-state index is 0. The summed E-state index contributed by atoms with van der Waals surface area (Å²) in [4.78, 5) is 0.191. The third-order valence-corrected chi connectivity index (χ3v) is 3.07. The van der Waals surface area contributed by atoms with Crippen LogP contribution in [-0.2, 0) is 17.1 Å². The molecule has 0 atom stereocenters. The van der Waals surface area contributed by atoms with Crippen LogP contribution < -0.4 is 10.0 Å². The molecule has 0 aliphatic heterocycles. The zero-order valence-corrected chi connectivity index (χ0v) is 10.2. The van der Waals surface area contributed by atoms with E-state index in [1.165, 1.54) is 17.1 Å². The molecule has 15 heavy (non-hydrogen) atoms. The summed E-state index contributed by atoms with van der Waals surface area (Å²) in [6, 6.07) is 0. The summed E-state index contributed by atoms with van der Waals surface area (Å²) in [5.74, 6) is 0. The van der Waals surface area contributed by atoms with Gasteiger partial charge in [-0.1, -0.05) is 0 Å². The van der Waals surface area contributed by atoms with Gasteiger partial charge >= 0.3 is 0 Å². The van der Waals surface area contributed by atoms with Gasteiger partial charge in [0.15, 0.2) is 0 Å². The lowest BCUT2D eigenvalue weighted by molar-refractivity contribution is 0.579. The monoisotopic (exact) mass is 254 g/mol. The molecule has 0 saturated carbocycles. The predicted molar refractivity (Wildman–Crippen MR) is 59.6 cm³/mol. The van der Waals surface area contributed by atoms with Crippen LogP contribution in [0.15, 0.2) is 17.3 Å². The van der Waals surface area contributed by atoms with Gasteiger partial charge in [0, 0.05) is 26.3 Å². The Hall–Kier alpha value is -0.630. The first-order valence-corrected chi connectivity index (χ1v) is 5.67. The van der Waals surface area contributed by atoms with Gasteiger partial charge in [-0.3, -0.25) is 4.68 Å². The Morgan fingerprint density at radius 2 is 2.13 bits per heavy atom. The second-order valence-corrected chi connectivity index (χ2v) is 4.62. The lowest BCUT2D eigenvalue weighted by Gasteiger charge is -2.02. The first-order chi connectivity index (χ1) is 6.56. The van der Waals surface area contributed by atoms with Gasteiger partial charge in [-0.15, -0.1) is 12.4 Å². The quantitative estimate of drug-likeness (QED) is 0.684. The molecule has 1 heterocycles. The number of hydrogen-bond acceptors (Lipinski definition) is 4. The van der Waals surface area contributed by atoms with E-state index in [-0.39, 0.29) is 17.3 Å². The van der Waals surface area contributed by atoms with E-state index in [4.69, 9.17) is 0 Å². The van der Waals surface area contributed by atoms with Gasteiger partial charge in [0.1, 0.15) is 4.90 Å². The average Bonchev–Trinajstić information content (AvgIpc) is 2.53. The van der Waals surface area contributed by atoms with Crippen molar-refractivity contribution in [3.8, 4) is 0 Å². The highest BCUT2D eigenvalue weighted by atomic mass is 35.5. The predicted octanol–water partition coefficient (Wildman–Crippen LogP) is -0.660. The fraction of sp³-hybridized carbons (Fsp3) is 0.571. The molecule has 0 saturated heterocycles. The van der Waals surface area contributed by atoms with Crippen LogP contribution in [-0.4, -0.2) is 38.3 Å². The molecule has 0 aliphatic rings. The lowest BCUT2D eigenvalue weighted by atomic mass is 10.7. The number of nitrogens with one attached hydrogen (secondary N) is 2. The van der Waals surface area contributed by atoms with Crippen molar-refractivity contribution in [3.63, 3.8) is 0 Å². The van der Waals surface area contributed by atoms with Gasteiger partial charge < -0.3 is 5.32 Å². The first-order valence-electron chi connectivity index (χ1n) is 4.19. The van der Waals surface area contributed by atoms with Crippen LogP contribution in [0.5, 0.6) is 0 Å². The van der Waals surface area contributed by atoms with Gasteiger partial charge in [0.2, 0.25) is 10.0 Å². The summed E-state index contributed by atoms with van der Waals surface area (Å²) >= 11 is 0. The summed E-state index contributed by atoms with van der Waals surface area (Å²) in [5, 5.41) is 6.64. The second-order valence-electron chi connectivity index (χ2n) is 2.85. The first kappa shape index (κ1) is 14.4. The maximum atomic E-state index is 11.5. The molecule has 6 nitrogen and oxygen atoms in total. The number of hydrogen-bond donors (Lipinski definition) is 2. The maximum Gasteiger partial charge on any atom is 0.243 e. The highest BCUT2D eigenvalue weighted by Gasteiger charge is 2.14. The Labute approximate surface area is 95.5 Å². The largest absolute Gasteiger partial charge is 0.318 e. The fourth-order valence-electron chi connectivity index (χ4n) is 0.931. The number of sulfonamides is 1. The molecule has 8 heteroatoms. The Morgan fingerprint density at radius 3 is 2.60 bits per heavy atom. The summed E-state index contributed by atoms with van der Waals surface area (Å²) in [7, 11) is 0.0505. The minimum Gasteiger partial charge on any atom is -0.318 e. The lowest BCUT2D eigenvalue weighted by Crippen LogP contribution is -2.30. The highest BCUT2D eigenvalue weighted by Crippen LogP contribution is 2.04. The van der Waals surface area contributed by atoms with E-state index < -0.39 is 10.0 Å². The van der Waals surface area contributed by atoms with E-state index in [1.54, 1.807) is 14.1 Å². The summed E-state index contributed by atoms with van der Waals surface area (Å²) in [6.45, 7) is 0.965. The van der Waals surface area contributed by atoms with Crippen LogP contribution in [0.1, 0.15) is 0 Å². The fourth-order valence-corrected chi connectivity index (χ4v) is 1.95. The number of nitrogens with zero attached hydrogens (tertiary/aromatic N) is 2. The molecule has 1 aromatic rings. The normalized spacial score (nSPS) is 11.1. The molecule has 88 valence electrons. The number of halogens is 1. The number of aromatic nitrogens is 2. The van der Waals surface area contributed by atoms with E-state index in [9.17, 15) is 8.42 Å². The van der Waals surface area contributed by atoms with Gasteiger partial charge in [0.05, 0.1) is 6.20 Å². The number of rotatable bonds is 5. The average molecular weight is 255 g/mol. The Morgan fingerprint density at radius 1 is 1.47 bits per heavy atom. The van der Waals surface area contributed by atoms with Gasteiger partial charge in [-0.2, -0.15) is 5.10 Å². The van der Waals surface area contributed by atoms with Crippen LogP contribution in [0, 0.1) is 0 Å². The summed E-state index contributed by atoms with van der Waals surface area (Å²) in [5.41, 5.74) is 0. The number of likely N-dealkylation sites (N-methyl/N-ethyl adjacent to an activating group) is 1. The van der Waals surface area contributed by atoms with Crippen molar-refractivity contribution in [3.05, 3.63) is 12.4 Å². The van der Waals surface area contributed by atoms with Crippen LogP contribution >= 0.6 is 12.4 Å². The van der Waals surface area contributed by atoms with Crippen molar-refractivity contribution in [1.82, 2.24) is 19.8 Å². The van der Waals surface area contributed by atoms with E-state index in [0.29, 0.717) is 13.1 Å². The Kier molecular flexibility index (Phi) is 5.81. The van der Waals surface area contributed by atoms with Gasteiger partial charge in [-0.25, -0.2) is 13.1 Å². The molecule has 1 aromatic heterocycles. The van der Waals surface area contributed by atoms with Crippen LogP contribution in [0.25, 0.3) is 0 Å². The van der Waals surface area contributed by atoms with E-state index in [1.807, 2.05) is 0 Å². The zero-order chi connectivity index (χ0) is 10.6. The SMILES string of the molecule is CNCCNS(=O)(=O)c1cnn(C)c1.Cl. The molecular formula is C7H15ClN4O2S. The molecule has 0 unspecified atom stereocenters. The zero-order valence-electron chi connectivity index (χ0n) is 8.60. The van der Waals surface area contributed by atoms with E-state index >= 15 is 0 Å². The molecule has 0 fully saturated rings. The molecule has 2 N–H and O–H groups in total. The number of aryl methyl sites for hydroxylation is 1. The van der Waals surface area contributed by atoms with Crippen LogP contribution in [0.3, 0.4) is 0 Å². The Balaban J connectivity index is 0.00000196. The van der Waals surface area contributed by atoms with Crippen molar-refractivity contribution < 1.29 is 8.42 Å². The standard InChI is InChI=1S/C7H14N4O2S.ClH/c1-8-3-4-10-14(12,13)7-5-9-11(2)6-7;/h5-6,8,10H,3-4H2,1-2H3;1H. The van der Waals surface area contributed by atoms with Crippen molar-refractivity contribution in [1.29, 1.82) is 0 Å². The molecule has 0 amide bonds. The summed E-state index contributed by atoms with van der Waals surface area (Å²) < 4.78 is 27.0. The third kappa shape index (κ3) is 4.17. The van der Waals surface area contributed by atoms with Crippen LogP contribution in [0.4, 0.5) is 0 Å². The maximum absolute atomic E-state index is 11.5. The molecule has 0 radical (unpaired) electrons. The molecular weight excluding hydrogens is 240 g/mol. The topological polar surface area (TPSA) is 76.0 Å². The molecule has 0 bridgehead atoms. The van der Waals surface area contributed by atoms with Crippen molar-refractivity contribution in [2.45, 2.75) is 4.90 Å². The molecule has 1 rings (SSSR count). The molecule has 0 spiro atoms. The Bertz CT molecular complexity index is 389. The van der Waals surface area contributed by atoms with Crippen LogP contribution in [0.2, 0.25) is 0 Å². The minimum atomic E-state index is -3.39. The second kappa shape index (κ2) is 6.06. The van der Waals surface area contributed by atoms with Crippen molar-refractivity contribution in [2.75, 3.05) is 20.1 Å². The molecule has 0 aromatic carbocycles. The van der Waals surface area contributed by atoms with Crippen molar-refractivity contribution >= 4 is 22.4 Å². The van der Waals surface area contributed by atoms with E-state index in [2.05, 4.69) is 15.1 Å². The molecule has 0 aliphatic carbocycles. The van der Waals surface area contributed by atoms with Gasteiger partial charge in [-0.05, 0) is 7.05 Å². The summed E-state index contributed by atoms with van der Waals surface area (Å²) in [6.07, 6.45) is 2.78. The van der Waals surface area contributed by atoms with E-state index in [0.717, 1.165) is 0 Å². The third-order valence-electron chi connectivity index (χ3n) is 1.66. The van der Waals surface area contributed by atoms with Gasteiger partial charge in [0.25, 0.3) is 0 Å². The van der Waals surface area contributed by atoms with Crippen molar-refractivity contribution in [2.24, 2.45) is 7.05 Å².